The van der Waals surface area contributed by atoms with E-state index in [1.54, 1.807) is 16.7 Å². The Kier molecular flexibility index (Phi) is 5.82. The van der Waals surface area contributed by atoms with Crippen LogP contribution in [-0.4, -0.2) is 47.4 Å². The second kappa shape index (κ2) is 7.13. The molecule has 0 saturated heterocycles. The third kappa shape index (κ3) is 3.96. The quantitative estimate of drug-likeness (QED) is 0.807. The highest BCUT2D eigenvalue weighted by Crippen LogP contribution is 2.15. The zero-order chi connectivity index (χ0) is 14.4. The van der Waals surface area contributed by atoms with Gasteiger partial charge >= 0.3 is 0 Å². The zero-order valence-electron chi connectivity index (χ0n) is 12.2. The molecule has 1 heterocycles. The highest BCUT2D eigenvalue weighted by molar-refractivity contribution is 5.97. The second-order valence-corrected chi connectivity index (χ2v) is 4.90. The van der Waals surface area contributed by atoms with Gasteiger partial charge < -0.3 is 15.4 Å². The fraction of sp³-hybridized carbons (Fsp3) is 0.692. The topological polar surface area (TPSA) is 73.4 Å². The molecule has 0 unspecified atom stereocenters. The van der Waals surface area contributed by atoms with Crippen LogP contribution in [0.1, 0.15) is 31.3 Å². The Labute approximate surface area is 114 Å². The number of nitrogens with zero attached hydrogens (tertiary/aromatic N) is 3. The van der Waals surface area contributed by atoms with Crippen molar-refractivity contribution in [3.63, 3.8) is 0 Å². The Bertz CT molecular complexity index is 415. The van der Waals surface area contributed by atoms with Gasteiger partial charge in [0.1, 0.15) is 5.69 Å². The molecule has 1 aromatic rings. The number of aryl methyl sites for hydroxylation is 1. The van der Waals surface area contributed by atoms with Crippen molar-refractivity contribution in [1.29, 1.82) is 0 Å². The predicted octanol–water partition coefficient (Wildman–Crippen LogP) is 1.23. The molecule has 0 fully saturated rings. The van der Waals surface area contributed by atoms with E-state index in [1.807, 2.05) is 6.92 Å². The third-order valence-electron chi connectivity index (χ3n) is 2.81. The maximum atomic E-state index is 12.6. The number of rotatable bonds is 7. The smallest absolute Gasteiger partial charge is 0.274 e. The van der Waals surface area contributed by atoms with Crippen molar-refractivity contribution in [2.24, 2.45) is 5.92 Å². The first-order valence-corrected chi connectivity index (χ1v) is 6.60. The molecule has 2 N–H and O–H groups in total. The van der Waals surface area contributed by atoms with Gasteiger partial charge in [0.2, 0.25) is 0 Å². The molecule has 0 aliphatic rings. The van der Waals surface area contributed by atoms with Gasteiger partial charge in [-0.2, -0.15) is 5.10 Å². The average molecular weight is 268 g/mol. The number of anilines is 1. The number of hydrogen-bond donors (Lipinski definition) is 1. The van der Waals surface area contributed by atoms with Crippen LogP contribution in [0.25, 0.3) is 0 Å². The van der Waals surface area contributed by atoms with E-state index in [0.717, 1.165) is 0 Å². The summed E-state index contributed by atoms with van der Waals surface area (Å²) in [5, 5.41) is 4.11. The molecule has 0 aliphatic heterocycles. The molecule has 0 aliphatic carbocycles. The van der Waals surface area contributed by atoms with Crippen molar-refractivity contribution >= 4 is 11.6 Å². The summed E-state index contributed by atoms with van der Waals surface area (Å²) >= 11 is 0. The number of methoxy groups -OCH3 is 1. The van der Waals surface area contributed by atoms with Gasteiger partial charge in [0.05, 0.1) is 18.5 Å². The van der Waals surface area contributed by atoms with E-state index in [0.29, 0.717) is 43.5 Å². The first-order chi connectivity index (χ1) is 9.01. The number of nitrogens with two attached hydrogens (primary N) is 1. The van der Waals surface area contributed by atoms with E-state index in [4.69, 9.17) is 10.5 Å². The van der Waals surface area contributed by atoms with Crippen molar-refractivity contribution in [3.8, 4) is 0 Å². The SMILES string of the molecule is CCn1ncc(N)c1C(=O)N(CCOC)CC(C)C. The zero-order valence-corrected chi connectivity index (χ0v) is 12.2. The van der Waals surface area contributed by atoms with E-state index < -0.39 is 0 Å². The Hall–Kier alpha value is -1.56. The van der Waals surface area contributed by atoms with E-state index in [2.05, 4.69) is 18.9 Å². The van der Waals surface area contributed by atoms with E-state index in [1.165, 1.54) is 6.20 Å². The molecule has 0 saturated carbocycles. The first kappa shape index (κ1) is 15.5. The fourth-order valence-electron chi connectivity index (χ4n) is 1.94. The number of carbonyl (C=O) groups excluding carboxylic acids is 1. The molecule has 19 heavy (non-hydrogen) atoms. The molecule has 108 valence electrons. The molecule has 1 rings (SSSR count). The maximum Gasteiger partial charge on any atom is 0.274 e. The molecule has 0 atom stereocenters. The summed E-state index contributed by atoms with van der Waals surface area (Å²) in [5.74, 6) is 0.308. The summed E-state index contributed by atoms with van der Waals surface area (Å²) in [5.41, 5.74) is 6.75. The van der Waals surface area contributed by atoms with Crippen molar-refractivity contribution in [2.75, 3.05) is 32.5 Å². The van der Waals surface area contributed by atoms with Gasteiger partial charge in [-0.1, -0.05) is 13.8 Å². The number of carbonyl (C=O) groups is 1. The van der Waals surface area contributed by atoms with Crippen LogP contribution in [0.3, 0.4) is 0 Å². The van der Waals surface area contributed by atoms with E-state index in [-0.39, 0.29) is 5.91 Å². The van der Waals surface area contributed by atoms with Crippen molar-refractivity contribution < 1.29 is 9.53 Å². The van der Waals surface area contributed by atoms with Gasteiger partial charge in [0.15, 0.2) is 0 Å². The summed E-state index contributed by atoms with van der Waals surface area (Å²) in [6.07, 6.45) is 1.53. The maximum absolute atomic E-state index is 12.6. The van der Waals surface area contributed by atoms with Crippen LogP contribution in [0.4, 0.5) is 5.69 Å². The molecule has 0 aromatic carbocycles. The molecule has 0 radical (unpaired) electrons. The minimum atomic E-state index is -0.0809. The normalized spacial score (nSPS) is 11.0. The minimum absolute atomic E-state index is 0.0809. The molecule has 1 aromatic heterocycles. The lowest BCUT2D eigenvalue weighted by Gasteiger charge is -2.24. The van der Waals surface area contributed by atoms with Crippen LogP contribution in [0.15, 0.2) is 6.20 Å². The summed E-state index contributed by atoms with van der Waals surface area (Å²) < 4.78 is 6.70. The Morgan fingerprint density at radius 1 is 1.58 bits per heavy atom. The fourth-order valence-corrected chi connectivity index (χ4v) is 1.94. The van der Waals surface area contributed by atoms with Gasteiger partial charge in [0.25, 0.3) is 5.91 Å². The predicted molar refractivity (Wildman–Crippen MR) is 74.9 cm³/mol. The third-order valence-corrected chi connectivity index (χ3v) is 2.81. The second-order valence-electron chi connectivity index (χ2n) is 4.90. The van der Waals surface area contributed by atoms with Crippen molar-refractivity contribution in [1.82, 2.24) is 14.7 Å². The van der Waals surface area contributed by atoms with Crippen LogP contribution in [-0.2, 0) is 11.3 Å². The highest BCUT2D eigenvalue weighted by atomic mass is 16.5. The number of amides is 1. The first-order valence-electron chi connectivity index (χ1n) is 6.60. The Morgan fingerprint density at radius 2 is 2.26 bits per heavy atom. The Balaban J connectivity index is 2.93. The molecule has 0 spiro atoms. The number of hydrogen-bond acceptors (Lipinski definition) is 4. The highest BCUT2D eigenvalue weighted by Gasteiger charge is 2.22. The van der Waals surface area contributed by atoms with Crippen molar-refractivity contribution in [3.05, 3.63) is 11.9 Å². The van der Waals surface area contributed by atoms with E-state index >= 15 is 0 Å². The molecular formula is C13H24N4O2. The molecule has 0 bridgehead atoms. The van der Waals surface area contributed by atoms with Gasteiger partial charge in [-0.3, -0.25) is 9.48 Å². The lowest BCUT2D eigenvalue weighted by Crippen LogP contribution is -2.38. The van der Waals surface area contributed by atoms with E-state index in [9.17, 15) is 4.79 Å². The summed E-state index contributed by atoms with van der Waals surface area (Å²) in [6.45, 7) is 8.46. The Morgan fingerprint density at radius 3 is 2.79 bits per heavy atom. The minimum Gasteiger partial charge on any atom is -0.396 e. The van der Waals surface area contributed by atoms with Gasteiger partial charge in [-0.05, 0) is 12.8 Å². The standard InChI is InChI=1S/C13H24N4O2/c1-5-17-12(11(14)8-15-17)13(18)16(6-7-19-4)9-10(2)3/h8,10H,5-7,9,14H2,1-4H3. The number of nitrogen functional groups attached to an aromatic ring is 1. The molecule has 1 amide bonds. The lowest BCUT2D eigenvalue weighted by atomic mass is 10.2. The van der Waals surface area contributed by atoms with Crippen LogP contribution in [0.5, 0.6) is 0 Å². The van der Waals surface area contributed by atoms with Gasteiger partial charge in [0, 0.05) is 26.7 Å². The molecule has 6 nitrogen and oxygen atoms in total. The largest absolute Gasteiger partial charge is 0.396 e. The summed E-state index contributed by atoms with van der Waals surface area (Å²) in [4.78, 5) is 14.3. The monoisotopic (exact) mass is 268 g/mol. The molecule has 6 heteroatoms. The number of ether oxygens (including phenoxy) is 1. The number of aromatic nitrogens is 2. The molecular weight excluding hydrogens is 244 g/mol. The van der Waals surface area contributed by atoms with Crippen LogP contribution >= 0.6 is 0 Å². The lowest BCUT2D eigenvalue weighted by molar-refractivity contribution is 0.0661. The van der Waals surface area contributed by atoms with Gasteiger partial charge in [-0.25, -0.2) is 0 Å². The van der Waals surface area contributed by atoms with Crippen LogP contribution in [0.2, 0.25) is 0 Å². The summed E-state index contributed by atoms with van der Waals surface area (Å²) in [7, 11) is 1.63. The average Bonchev–Trinajstić information content (AvgIpc) is 2.74. The van der Waals surface area contributed by atoms with Gasteiger partial charge in [-0.15, -0.1) is 0 Å². The van der Waals surface area contributed by atoms with Crippen molar-refractivity contribution in [2.45, 2.75) is 27.3 Å². The van der Waals surface area contributed by atoms with Crippen LogP contribution < -0.4 is 5.73 Å². The van der Waals surface area contributed by atoms with Crippen LogP contribution in [0, 0.1) is 5.92 Å². The summed E-state index contributed by atoms with van der Waals surface area (Å²) in [6, 6.07) is 0.